The van der Waals surface area contributed by atoms with Gasteiger partial charge >= 0.3 is 0 Å². The average molecular weight is 453 g/mol. The number of rotatable bonds is 8. The molecule has 4 rings (SSSR count). The van der Waals surface area contributed by atoms with E-state index in [0.717, 1.165) is 16.7 Å². The van der Waals surface area contributed by atoms with E-state index < -0.39 is 17.1 Å². The highest BCUT2D eigenvalue weighted by atomic mass is 16.5. The highest BCUT2D eigenvalue weighted by molar-refractivity contribution is 6.03. The molecule has 174 valence electrons. The lowest BCUT2D eigenvalue weighted by Crippen LogP contribution is -2.40. The van der Waals surface area contributed by atoms with Crippen LogP contribution in [0.15, 0.2) is 114 Å². The van der Waals surface area contributed by atoms with Crippen LogP contribution in [0.5, 0.6) is 0 Å². The van der Waals surface area contributed by atoms with E-state index in [1.807, 2.05) is 87.5 Å². The first-order valence-electron chi connectivity index (χ1n) is 11.8. The van der Waals surface area contributed by atoms with Crippen molar-refractivity contribution in [3.63, 3.8) is 0 Å². The van der Waals surface area contributed by atoms with E-state index in [1.54, 1.807) is 7.11 Å². The van der Waals surface area contributed by atoms with Gasteiger partial charge in [0.2, 0.25) is 0 Å². The molecule has 0 fully saturated rings. The first kappa shape index (κ1) is 23.7. The van der Waals surface area contributed by atoms with E-state index in [1.165, 1.54) is 0 Å². The summed E-state index contributed by atoms with van der Waals surface area (Å²) in [4.78, 5) is 13.6. The Kier molecular flexibility index (Phi) is 6.85. The van der Waals surface area contributed by atoms with Gasteiger partial charge in [0, 0.05) is 5.57 Å². The van der Waals surface area contributed by atoms with Crippen LogP contribution in [0, 0.1) is 5.41 Å². The molecule has 3 nitrogen and oxygen atoms in total. The summed E-state index contributed by atoms with van der Waals surface area (Å²) in [6, 6.07) is 30.6. The SMILES string of the molecule is CC[C@@]1(C)C=C(OC)C=C([C@H](C)OC(c2ccccc2)(c2ccccc2)c2ccccc2)C1=O. The highest BCUT2D eigenvalue weighted by Crippen LogP contribution is 2.44. The third-order valence-corrected chi connectivity index (χ3v) is 6.84. The molecule has 0 N–H and O–H groups in total. The predicted octanol–water partition coefficient (Wildman–Crippen LogP) is 6.84. The lowest BCUT2D eigenvalue weighted by molar-refractivity contribution is -0.124. The van der Waals surface area contributed by atoms with Crippen molar-refractivity contribution in [1.29, 1.82) is 0 Å². The molecular weight excluding hydrogens is 420 g/mol. The molecule has 3 heteroatoms. The van der Waals surface area contributed by atoms with E-state index in [9.17, 15) is 4.79 Å². The second-order valence-corrected chi connectivity index (χ2v) is 8.99. The molecule has 1 aliphatic rings. The molecule has 0 spiro atoms. The average Bonchev–Trinajstić information content (AvgIpc) is 2.90. The molecule has 1 aliphatic carbocycles. The first-order chi connectivity index (χ1) is 16.4. The van der Waals surface area contributed by atoms with Crippen molar-refractivity contribution in [2.24, 2.45) is 5.41 Å². The van der Waals surface area contributed by atoms with Crippen LogP contribution in [0.25, 0.3) is 0 Å². The van der Waals surface area contributed by atoms with Crippen LogP contribution >= 0.6 is 0 Å². The van der Waals surface area contributed by atoms with Gasteiger partial charge in [0.15, 0.2) is 5.78 Å². The van der Waals surface area contributed by atoms with Gasteiger partial charge in [0.05, 0.1) is 18.6 Å². The zero-order valence-electron chi connectivity index (χ0n) is 20.3. The van der Waals surface area contributed by atoms with Crippen molar-refractivity contribution in [2.45, 2.75) is 38.9 Å². The summed E-state index contributed by atoms with van der Waals surface area (Å²) < 4.78 is 12.6. The number of ether oxygens (including phenoxy) is 2. The van der Waals surface area contributed by atoms with Crippen molar-refractivity contribution < 1.29 is 14.3 Å². The third kappa shape index (κ3) is 4.24. The smallest absolute Gasteiger partial charge is 0.171 e. The van der Waals surface area contributed by atoms with E-state index in [-0.39, 0.29) is 5.78 Å². The zero-order valence-corrected chi connectivity index (χ0v) is 20.3. The quantitative estimate of drug-likeness (QED) is 0.351. The van der Waals surface area contributed by atoms with Crippen molar-refractivity contribution in [1.82, 2.24) is 0 Å². The van der Waals surface area contributed by atoms with Crippen molar-refractivity contribution in [3.05, 3.63) is 131 Å². The third-order valence-electron chi connectivity index (χ3n) is 6.84. The van der Waals surface area contributed by atoms with Crippen LogP contribution in [0.1, 0.15) is 43.9 Å². The molecule has 3 aromatic carbocycles. The number of hydrogen-bond acceptors (Lipinski definition) is 3. The molecule has 0 radical (unpaired) electrons. The minimum atomic E-state index is -0.901. The van der Waals surface area contributed by atoms with Gasteiger partial charge in [-0.25, -0.2) is 0 Å². The Morgan fingerprint density at radius 1 is 0.824 bits per heavy atom. The summed E-state index contributed by atoms with van der Waals surface area (Å²) in [5, 5.41) is 0. The Balaban J connectivity index is 1.90. The maximum Gasteiger partial charge on any atom is 0.171 e. The van der Waals surface area contributed by atoms with Gasteiger partial charge in [-0.3, -0.25) is 4.79 Å². The molecule has 0 heterocycles. The Morgan fingerprint density at radius 3 is 1.65 bits per heavy atom. The maximum atomic E-state index is 13.6. The van der Waals surface area contributed by atoms with Crippen molar-refractivity contribution in [2.75, 3.05) is 7.11 Å². The molecule has 0 aromatic heterocycles. The fourth-order valence-electron chi connectivity index (χ4n) is 4.70. The van der Waals surface area contributed by atoms with E-state index in [0.29, 0.717) is 17.8 Å². The summed E-state index contributed by atoms with van der Waals surface area (Å²) in [6.07, 6.45) is 3.95. The first-order valence-corrected chi connectivity index (χ1v) is 11.8. The second-order valence-electron chi connectivity index (χ2n) is 8.99. The standard InChI is InChI=1S/C31H32O3/c1-5-30(3)22-27(33-4)21-28(29(30)32)23(2)34-31(24-15-9-6-10-16-24,25-17-11-7-12-18-25)26-19-13-8-14-20-26/h6-23H,5H2,1-4H3/t23-,30-/m0/s1. The van der Waals surface area contributed by atoms with E-state index in [4.69, 9.17) is 9.47 Å². The lowest BCUT2D eigenvalue weighted by Gasteiger charge is -2.40. The predicted molar refractivity (Wildman–Crippen MR) is 136 cm³/mol. The number of ketones is 1. The normalized spacial score (nSPS) is 19.2. The van der Waals surface area contributed by atoms with Crippen LogP contribution in [-0.4, -0.2) is 19.0 Å². The van der Waals surface area contributed by atoms with Crippen molar-refractivity contribution >= 4 is 5.78 Å². The number of allylic oxidation sites excluding steroid dienone is 2. The molecular formula is C31H32O3. The molecule has 2 atom stereocenters. The van der Waals surface area contributed by atoms with Gasteiger partial charge in [0.25, 0.3) is 0 Å². The topological polar surface area (TPSA) is 35.5 Å². The van der Waals surface area contributed by atoms with Crippen LogP contribution in [-0.2, 0) is 19.9 Å². The Bertz CT molecular complexity index is 1080. The monoisotopic (exact) mass is 452 g/mol. The zero-order chi connectivity index (χ0) is 24.2. The maximum absolute atomic E-state index is 13.6. The summed E-state index contributed by atoms with van der Waals surface area (Å²) in [7, 11) is 1.64. The summed E-state index contributed by atoms with van der Waals surface area (Å²) >= 11 is 0. The summed E-state index contributed by atoms with van der Waals surface area (Å²) in [6.45, 7) is 5.95. The molecule has 0 bridgehead atoms. The summed E-state index contributed by atoms with van der Waals surface area (Å²) in [5.74, 6) is 0.769. The van der Waals surface area contributed by atoms with E-state index in [2.05, 4.69) is 36.4 Å². The molecule has 0 aliphatic heterocycles. The minimum Gasteiger partial charge on any atom is -0.497 e. The van der Waals surface area contributed by atoms with Gasteiger partial charge in [-0.15, -0.1) is 0 Å². The Hall–Kier alpha value is -3.43. The minimum absolute atomic E-state index is 0.0754. The number of Topliss-reactive ketones (excluding diaryl/α,β-unsaturated/α-hetero) is 1. The largest absolute Gasteiger partial charge is 0.497 e. The van der Waals surface area contributed by atoms with Gasteiger partial charge in [-0.05, 0) is 49.1 Å². The fourth-order valence-corrected chi connectivity index (χ4v) is 4.70. The van der Waals surface area contributed by atoms with Gasteiger partial charge in [0.1, 0.15) is 11.4 Å². The second kappa shape index (κ2) is 9.82. The molecule has 3 aromatic rings. The Labute approximate surface area is 202 Å². The van der Waals surface area contributed by atoms with Gasteiger partial charge in [-0.2, -0.15) is 0 Å². The van der Waals surface area contributed by atoms with Gasteiger partial charge in [-0.1, -0.05) is 97.9 Å². The number of carbonyl (C=O) groups excluding carboxylic acids is 1. The fraction of sp³-hybridized carbons (Fsp3) is 0.258. The lowest BCUT2D eigenvalue weighted by atomic mass is 9.74. The van der Waals surface area contributed by atoms with Crippen LogP contribution < -0.4 is 0 Å². The van der Waals surface area contributed by atoms with E-state index >= 15 is 0 Å². The van der Waals surface area contributed by atoms with Crippen molar-refractivity contribution in [3.8, 4) is 0 Å². The molecule has 0 unspecified atom stereocenters. The molecule has 0 saturated heterocycles. The number of benzene rings is 3. The molecule has 0 amide bonds. The molecule has 0 saturated carbocycles. The van der Waals surface area contributed by atoms with Crippen LogP contribution in [0.2, 0.25) is 0 Å². The van der Waals surface area contributed by atoms with Crippen LogP contribution in [0.4, 0.5) is 0 Å². The van der Waals surface area contributed by atoms with Gasteiger partial charge < -0.3 is 9.47 Å². The Morgan fingerprint density at radius 2 is 1.26 bits per heavy atom. The number of carbonyl (C=O) groups is 1. The van der Waals surface area contributed by atoms with Crippen LogP contribution in [0.3, 0.4) is 0 Å². The highest BCUT2D eigenvalue weighted by Gasteiger charge is 2.43. The number of methoxy groups -OCH3 is 1. The number of hydrogen-bond donors (Lipinski definition) is 0. The summed E-state index contributed by atoms with van der Waals surface area (Å²) in [5.41, 5.74) is 2.11. The molecule has 34 heavy (non-hydrogen) atoms.